The van der Waals surface area contributed by atoms with Crippen molar-refractivity contribution in [1.29, 1.82) is 0 Å². The first-order chi connectivity index (χ1) is 8.81. The summed E-state index contributed by atoms with van der Waals surface area (Å²) >= 11 is 1.50. The summed E-state index contributed by atoms with van der Waals surface area (Å²) in [6.07, 6.45) is 7.85. The molecule has 0 spiro atoms. The summed E-state index contributed by atoms with van der Waals surface area (Å²) in [5.41, 5.74) is 1.75. The van der Waals surface area contributed by atoms with Gasteiger partial charge in [0.15, 0.2) is 0 Å². The lowest BCUT2D eigenvalue weighted by Crippen LogP contribution is -2.38. The lowest BCUT2D eigenvalue weighted by Gasteiger charge is -2.26. The Morgan fingerprint density at radius 2 is 2.33 bits per heavy atom. The molecule has 1 saturated carbocycles. The monoisotopic (exact) mass is 268 g/mol. The van der Waals surface area contributed by atoms with E-state index in [1.165, 1.54) is 30.6 Å². The number of rotatable bonds is 5. The highest BCUT2D eigenvalue weighted by molar-refractivity contribution is 7.09. The molecular formula is C13H20N2O2S. The van der Waals surface area contributed by atoms with Gasteiger partial charge in [-0.1, -0.05) is 19.3 Å². The summed E-state index contributed by atoms with van der Waals surface area (Å²) in [4.78, 5) is 17.0. The average Bonchev–Trinajstić information content (AvgIpc) is 2.91. The zero-order valence-electron chi connectivity index (χ0n) is 10.7. The van der Waals surface area contributed by atoms with Crippen molar-refractivity contribution in [2.75, 3.05) is 6.61 Å². The number of thiazole rings is 1. The van der Waals surface area contributed by atoms with Crippen molar-refractivity contribution in [3.05, 3.63) is 16.6 Å². The van der Waals surface area contributed by atoms with Crippen molar-refractivity contribution in [3.8, 4) is 0 Å². The number of nitrogens with one attached hydrogen (secondary N) is 1. The van der Waals surface area contributed by atoms with Crippen LogP contribution in [0.5, 0.6) is 0 Å². The van der Waals surface area contributed by atoms with Gasteiger partial charge in [-0.05, 0) is 19.8 Å². The Labute approximate surface area is 112 Å². The highest BCUT2D eigenvalue weighted by atomic mass is 32.1. The van der Waals surface area contributed by atoms with Crippen molar-refractivity contribution in [3.63, 3.8) is 0 Å². The average molecular weight is 268 g/mol. The second-order valence-electron chi connectivity index (χ2n) is 4.59. The number of carbonyl (C=O) groups is 1. The Balaban J connectivity index is 2.02. The first-order valence-corrected chi connectivity index (χ1v) is 7.50. The fourth-order valence-electron chi connectivity index (χ4n) is 2.37. The van der Waals surface area contributed by atoms with Gasteiger partial charge in [-0.2, -0.15) is 0 Å². The molecule has 0 bridgehead atoms. The van der Waals surface area contributed by atoms with Crippen LogP contribution in [0.4, 0.5) is 0 Å². The van der Waals surface area contributed by atoms with Gasteiger partial charge in [0.05, 0.1) is 17.0 Å². The number of hydrogen-bond donors (Lipinski definition) is 1. The number of nitrogens with zero attached hydrogens (tertiary/aromatic N) is 1. The van der Waals surface area contributed by atoms with Crippen LogP contribution in [0, 0.1) is 0 Å². The maximum Gasteiger partial charge on any atom is 0.328 e. The Kier molecular flexibility index (Phi) is 5.13. The molecule has 1 heterocycles. The standard InChI is InChI=1S/C13H20N2O2S/c1-2-17-13(16)12(11-8-14-9-18-11)15-10-6-4-3-5-7-10/h8-10,12,15H,2-7H2,1H3. The van der Waals surface area contributed by atoms with E-state index < -0.39 is 0 Å². The minimum absolute atomic E-state index is 0.188. The van der Waals surface area contributed by atoms with Crippen molar-refractivity contribution in [2.24, 2.45) is 0 Å². The first-order valence-electron chi connectivity index (χ1n) is 6.62. The molecule has 0 aromatic carbocycles. The quantitative estimate of drug-likeness (QED) is 0.834. The molecule has 1 fully saturated rings. The van der Waals surface area contributed by atoms with Crippen molar-refractivity contribution < 1.29 is 9.53 Å². The van der Waals surface area contributed by atoms with Gasteiger partial charge in [-0.15, -0.1) is 11.3 Å². The molecule has 1 unspecified atom stereocenters. The van der Waals surface area contributed by atoms with Crippen LogP contribution in [0.15, 0.2) is 11.7 Å². The van der Waals surface area contributed by atoms with Gasteiger partial charge in [0.1, 0.15) is 6.04 Å². The molecule has 0 aliphatic heterocycles. The molecule has 1 aliphatic rings. The van der Waals surface area contributed by atoms with E-state index in [1.807, 2.05) is 6.92 Å². The maximum absolute atomic E-state index is 12.0. The van der Waals surface area contributed by atoms with Crippen molar-refractivity contribution >= 4 is 17.3 Å². The normalized spacial score (nSPS) is 18.5. The van der Waals surface area contributed by atoms with Crippen LogP contribution in [0.2, 0.25) is 0 Å². The summed E-state index contributed by atoms with van der Waals surface area (Å²) in [5, 5.41) is 3.44. The summed E-state index contributed by atoms with van der Waals surface area (Å²) in [5.74, 6) is -0.188. The molecule has 0 saturated heterocycles. The number of ether oxygens (including phenoxy) is 1. The van der Waals surface area contributed by atoms with Crippen LogP contribution in [-0.2, 0) is 9.53 Å². The molecule has 1 aromatic rings. The van der Waals surface area contributed by atoms with E-state index in [4.69, 9.17) is 4.74 Å². The molecule has 5 heteroatoms. The van der Waals surface area contributed by atoms with E-state index in [0.717, 1.165) is 17.7 Å². The zero-order valence-corrected chi connectivity index (χ0v) is 11.5. The third kappa shape index (κ3) is 3.53. The molecule has 100 valence electrons. The summed E-state index contributed by atoms with van der Waals surface area (Å²) in [7, 11) is 0. The molecule has 1 N–H and O–H groups in total. The van der Waals surface area contributed by atoms with Crippen LogP contribution >= 0.6 is 11.3 Å². The topological polar surface area (TPSA) is 51.2 Å². The van der Waals surface area contributed by atoms with Crippen LogP contribution in [0.25, 0.3) is 0 Å². The predicted octanol–water partition coefficient (Wildman–Crippen LogP) is 2.67. The lowest BCUT2D eigenvalue weighted by atomic mass is 9.95. The van der Waals surface area contributed by atoms with Crippen LogP contribution < -0.4 is 5.32 Å². The molecule has 1 atom stereocenters. The van der Waals surface area contributed by atoms with Gasteiger partial charge in [-0.3, -0.25) is 10.3 Å². The van der Waals surface area contributed by atoms with Crippen molar-refractivity contribution in [1.82, 2.24) is 10.3 Å². The van der Waals surface area contributed by atoms with Gasteiger partial charge in [0, 0.05) is 12.2 Å². The second kappa shape index (κ2) is 6.85. The van der Waals surface area contributed by atoms with E-state index in [9.17, 15) is 4.79 Å². The molecule has 1 aromatic heterocycles. The Morgan fingerprint density at radius 3 is 2.94 bits per heavy atom. The van der Waals surface area contributed by atoms with Gasteiger partial charge < -0.3 is 4.74 Å². The van der Waals surface area contributed by atoms with E-state index in [0.29, 0.717) is 12.6 Å². The van der Waals surface area contributed by atoms with Crippen LogP contribution in [-0.4, -0.2) is 23.6 Å². The van der Waals surface area contributed by atoms with E-state index in [2.05, 4.69) is 10.3 Å². The lowest BCUT2D eigenvalue weighted by molar-refractivity contribution is -0.146. The van der Waals surface area contributed by atoms with Gasteiger partial charge in [-0.25, -0.2) is 4.79 Å². The minimum Gasteiger partial charge on any atom is -0.465 e. The molecule has 0 radical (unpaired) electrons. The third-order valence-corrected chi connectivity index (χ3v) is 4.11. The Bertz CT molecular complexity index is 361. The molecule has 4 nitrogen and oxygen atoms in total. The fraction of sp³-hybridized carbons (Fsp3) is 0.692. The molecule has 0 amide bonds. The molecular weight excluding hydrogens is 248 g/mol. The summed E-state index contributed by atoms with van der Waals surface area (Å²) < 4.78 is 5.15. The minimum atomic E-state index is -0.347. The van der Waals surface area contributed by atoms with Gasteiger partial charge in [0.2, 0.25) is 0 Å². The molecule has 2 rings (SSSR count). The maximum atomic E-state index is 12.0. The fourth-order valence-corrected chi connectivity index (χ4v) is 3.03. The summed E-state index contributed by atoms with van der Waals surface area (Å²) in [6.45, 7) is 2.25. The largest absolute Gasteiger partial charge is 0.465 e. The highest BCUT2D eigenvalue weighted by Gasteiger charge is 2.27. The highest BCUT2D eigenvalue weighted by Crippen LogP contribution is 2.24. The second-order valence-corrected chi connectivity index (χ2v) is 5.51. The van der Waals surface area contributed by atoms with Crippen molar-refractivity contribution in [2.45, 2.75) is 51.1 Å². The van der Waals surface area contributed by atoms with Crippen LogP contribution in [0.3, 0.4) is 0 Å². The van der Waals surface area contributed by atoms with Crippen LogP contribution in [0.1, 0.15) is 49.9 Å². The number of carbonyl (C=O) groups excluding carboxylic acids is 1. The predicted molar refractivity (Wildman–Crippen MR) is 71.5 cm³/mol. The SMILES string of the molecule is CCOC(=O)C(NC1CCCCC1)c1cncs1. The van der Waals surface area contributed by atoms with Gasteiger partial charge >= 0.3 is 5.97 Å². The number of esters is 1. The summed E-state index contributed by atoms with van der Waals surface area (Å²) in [6, 6.07) is 0.0795. The third-order valence-electron chi connectivity index (χ3n) is 3.27. The molecule has 1 aliphatic carbocycles. The zero-order chi connectivity index (χ0) is 12.8. The Hall–Kier alpha value is -0.940. The number of aromatic nitrogens is 1. The molecule has 18 heavy (non-hydrogen) atoms. The smallest absolute Gasteiger partial charge is 0.328 e. The van der Waals surface area contributed by atoms with E-state index in [1.54, 1.807) is 11.7 Å². The van der Waals surface area contributed by atoms with E-state index in [-0.39, 0.29) is 12.0 Å². The number of hydrogen-bond acceptors (Lipinski definition) is 5. The first kappa shape index (κ1) is 13.5. The van der Waals surface area contributed by atoms with Gasteiger partial charge in [0.25, 0.3) is 0 Å². The van der Waals surface area contributed by atoms with E-state index >= 15 is 0 Å². The Morgan fingerprint density at radius 1 is 1.56 bits per heavy atom.